The van der Waals surface area contributed by atoms with Gasteiger partial charge in [-0.1, -0.05) is 6.07 Å². The highest BCUT2D eigenvalue weighted by molar-refractivity contribution is 5.68. The van der Waals surface area contributed by atoms with E-state index in [1.807, 2.05) is 0 Å². The van der Waals surface area contributed by atoms with Crippen LogP contribution in [0.3, 0.4) is 0 Å². The molecule has 0 unspecified atom stereocenters. The Morgan fingerprint density at radius 3 is 2.37 bits per heavy atom. The Morgan fingerprint density at radius 2 is 1.89 bits per heavy atom. The lowest BCUT2D eigenvalue weighted by atomic mass is 10.2. The van der Waals surface area contributed by atoms with Crippen LogP contribution in [0.2, 0.25) is 0 Å². The topological polar surface area (TPSA) is 29.5 Å². The second-order valence-electron chi connectivity index (χ2n) is 5.24. The number of carbonyl (C=O) groups excluding carboxylic acids is 1. The molecular weight excluding hydrogens is 252 g/mol. The molecule has 0 heterocycles. The molecule has 0 spiro atoms. The number of nitrogens with zero attached hydrogens (tertiary/aromatic N) is 1. The summed E-state index contributed by atoms with van der Waals surface area (Å²) >= 11 is 0. The van der Waals surface area contributed by atoms with E-state index in [1.54, 1.807) is 27.7 Å². The van der Waals surface area contributed by atoms with Crippen molar-refractivity contribution in [1.82, 2.24) is 4.90 Å². The molecule has 0 atom stereocenters. The summed E-state index contributed by atoms with van der Waals surface area (Å²) in [6, 6.07) is 3.58. The zero-order valence-electron chi connectivity index (χ0n) is 11.7. The molecule has 3 nitrogen and oxygen atoms in total. The minimum atomic E-state index is -0.919. The molecule has 0 N–H and O–H groups in total. The summed E-state index contributed by atoms with van der Waals surface area (Å²) in [7, 11) is 0. The normalized spacial score (nSPS) is 11.3. The Balaban J connectivity index is 2.76. The van der Waals surface area contributed by atoms with Crippen molar-refractivity contribution in [3.05, 3.63) is 35.4 Å². The van der Waals surface area contributed by atoms with Gasteiger partial charge in [-0.3, -0.25) is 0 Å². The largest absolute Gasteiger partial charge is 0.444 e. The maximum atomic E-state index is 13.1. The molecule has 0 aliphatic carbocycles. The van der Waals surface area contributed by atoms with E-state index in [9.17, 15) is 13.6 Å². The molecule has 0 bridgehead atoms. The summed E-state index contributed by atoms with van der Waals surface area (Å²) in [5.74, 6) is -1.82. The van der Waals surface area contributed by atoms with E-state index in [0.29, 0.717) is 12.1 Å². The van der Waals surface area contributed by atoms with Crippen LogP contribution in [0.4, 0.5) is 13.6 Å². The molecule has 0 aromatic heterocycles. The van der Waals surface area contributed by atoms with Crippen molar-refractivity contribution in [3.63, 3.8) is 0 Å². The highest BCUT2D eigenvalue weighted by atomic mass is 19.2. The number of benzene rings is 1. The summed E-state index contributed by atoms with van der Waals surface area (Å²) in [4.78, 5) is 13.3. The molecule has 1 aromatic carbocycles. The first kappa shape index (κ1) is 15.4. The summed E-state index contributed by atoms with van der Waals surface area (Å²) in [5.41, 5.74) is -0.0648. The van der Waals surface area contributed by atoms with Crippen LogP contribution in [0.1, 0.15) is 33.3 Å². The van der Waals surface area contributed by atoms with Crippen LogP contribution >= 0.6 is 0 Å². The number of halogens is 2. The fourth-order valence-corrected chi connectivity index (χ4v) is 1.49. The van der Waals surface area contributed by atoms with E-state index in [-0.39, 0.29) is 6.54 Å². The summed E-state index contributed by atoms with van der Waals surface area (Å²) in [6.45, 7) is 7.73. The Bertz CT molecular complexity index is 455. The molecule has 19 heavy (non-hydrogen) atoms. The van der Waals surface area contributed by atoms with Gasteiger partial charge in [0.2, 0.25) is 0 Å². The number of amides is 1. The first-order valence-electron chi connectivity index (χ1n) is 6.15. The van der Waals surface area contributed by atoms with Gasteiger partial charge in [0.15, 0.2) is 11.6 Å². The van der Waals surface area contributed by atoms with Crippen molar-refractivity contribution in [2.45, 2.75) is 39.8 Å². The summed E-state index contributed by atoms with van der Waals surface area (Å²) < 4.78 is 31.2. The zero-order chi connectivity index (χ0) is 14.6. The minimum Gasteiger partial charge on any atom is -0.444 e. The Labute approximate surface area is 112 Å². The van der Waals surface area contributed by atoms with E-state index in [1.165, 1.54) is 11.0 Å². The summed E-state index contributed by atoms with van der Waals surface area (Å²) in [6.07, 6.45) is -0.472. The number of rotatable bonds is 3. The van der Waals surface area contributed by atoms with Crippen molar-refractivity contribution < 1.29 is 18.3 Å². The van der Waals surface area contributed by atoms with Crippen LogP contribution in [-0.4, -0.2) is 23.1 Å². The highest BCUT2D eigenvalue weighted by Crippen LogP contribution is 2.14. The highest BCUT2D eigenvalue weighted by Gasteiger charge is 2.21. The third-order valence-corrected chi connectivity index (χ3v) is 2.39. The van der Waals surface area contributed by atoms with Crippen molar-refractivity contribution in [2.24, 2.45) is 0 Å². The first-order chi connectivity index (χ1) is 8.73. The maximum Gasteiger partial charge on any atom is 0.410 e. The van der Waals surface area contributed by atoms with Crippen molar-refractivity contribution in [3.8, 4) is 0 Å². The lowest BCUT2D eigenvalue weighted by Crippen LogP contribution is -2.36. The van der Waals surface area contributed by atoms with E-state index in [0.717, 1.165) is 12.1 Å². The fourth-order valence-electron chi connectivity index (χ4n) is 1.49. The standard InChI is InChI=1S/C14H19F2NO2/c1-5-17(13(18)19-14(2,3)4)9-10-6-7-11(15)12(16)8-10/h6-8H,5,9H2,1-4H3. The van der Waals surface area contributed by atoms with E-state index in [4.69, 9.17) is 4.74 Å². The van der Waals surface area contributed by atoms with Crippen molar-refractivity contribution >= 4 is 6.09 Å². The van der Waals surface area contributed by atoms with Crippen molar-refractivity contribution in [1.29, 1.82) is 0 Å². The second kappa shape index (κ2) is 5.99. The first-order valence-corrected chi connectivity index (χ1v) is 6.15. The maximum absolute atomic E-state index is 13.1. The lowest BCUT2D eigenvalue weighted by molar-refractivity contribution is 0.0244. The van der Waals surface area contributed by atoms with Gasteiger partial charge in [0.25, 0.3) is 0 Å². The average Bonchev–Trinajstić information content (AvgIpc) is 2.28. The fraction of sp³-hybridized carbons (Fsp3) is 0.500. The second-order valence-corrected chi connectivity index (χ2v) is 5.24. The molecule has 0 aliphatic rings. The van der Waals surface area contributed by atoms with Crippen LogP contribution < -0.4 is 0 Å². The van der Waals surface area contributed by atoms with Crippen LogP contribution in [0.15, 0.2) is 18.2 Å². The molecule has 1 amide bonds. The van der Waals surface area contributed by atoms with Crippen LogP contribution in [0, 0.1) is 11.6 Å². The van der Waals surface area contributed by atoms with Gasteiger partial charge in [-0.05, 0) is 45.4 Å². The Kier molecular flexibility index (Phi) is 4.86. The van der Waals surface area contributed by atoms with Gasteiger partial charge in [-0.2, -0.15) is 0 Å². The molecule has 0 radical (unpaired) electrons. The van der Waals surface area contributed by atoms with Gasteiger partial charge in [0.1, 0.15) is 5.60 Å². The molecule has 5 heteroatoms. The Hall–Kier alpha value is -1.65. The molecular formula is C14H19F2NO2. The van der Waals surface area contributed by atoms with E-state index in [2.05, 4.69) is 0 Å². The van der Waals surface area contributed by atoms with E-state index < -0.39 is 23.3 Å². The third-order valence-electron chi connectivity index (χ3n) is 2.39. The number of hydrogen-bond acceptors (Lipinski definition) is 2. The molecule has 1 rings (SSSR count). The number of hydrogen-bond donors (Lipinski definition) is 0. The average molecular weight is 271 g/mol. The van der Waals surface area contributed by atoms with Gasteiger partial charge in [0, 0.05) is 13.1 Å². The molecule has 0 fully saturated rings. The summed E-state index contributed by atoms with van der Waals surface area (Å²) in [5, 5.41) is 0. The number of carbonyl (C=O) groups is 1. The van der Waals surface area contributed by atoms with Crippen LogP contribution in [0.25, 0.3) is 0 Å². The van der Waals surface area contributed by atoms with Gasteiger partial charge in [0.05, 0.1) is 0 Å². The SMILES string of the molecule is CCN(Cc1ccc(F)c(F)c1)C(=O)OC(C)(C)C. The lowest BCUT2D eigenvalue weighted by Gasteiger charge is -2.26. The monoisotopic (exact) mass is 271 g/mol. The third kappa shape index (κ3) is 4.85. The van der Waals surface area contributed by atoms with Gasteiger partial charge < -0.3 is 9.64 Å². The zero-order valence-corrected chi connectivity index (χ0v) is 11.7. The minimum absolute atomic E-state index is 0.183. The molecule has 0 saturated carbocycles. The quantitative estimate of drug-likeness (QED) is 0.838. The molecule has 0 saturated heterocycles. The Morgan fingerprint density at radius 1 is 1.26 bits per heavy atom. The van der Waals surface area contributed by atoms with Gasteiger partial charge in [-0.15, -0.1) is 0 Å². The predicted molar refractivity (Wildman–Crippen MR) is 68.7 cm³/mol. The molecule has 106 valence electrons. The molecule has 1 aromatic rings. The van der Waals surface area contributed by atoms with Gasteiger partial charge >= 0.3 is 6.09 Å². The predicted octanol–water partition coefficient (Wildman–Crippen LogP) is 3.72. The van der Waals surface area contributed by atoms with Crippen molar-refractivity contribution in [2.75, 3.05) is 6.54 Å². The smallest absolute Gasteiger partial charge is 0.410 e. The van der Waals surface area contributed by atoms with Gasteiger partial charge in [-0.25, -0.2) is 13.6 Å². The number of ether oxygens (including phenoxy) is 1. The van der Waals surface area contributed by atoms with E-state index >= 15 is 0 Å². The molecule has 0 aliphatic heterocycles. The van der Waals surface area contributed by atoms with Crippen LogP contribution in [-0.2, 0) is 11.3 Å². The van der Waals surface area contributed by atoms with Crippen LogP contribution in [0.5, 0.6) is 0 Å².